The van der Waals surface area contributed by atoms with Crippen LogP contribution in [0.4, 0.5) is 0 Å². The maximum atomic E-state index is 12.3. The number of hydrogen-bond acceptors (Lipinski definition) is 3. The topological polar surface area (TPSA) is 83.6 Å². The lowest BCUT2D eigenvalue weighted by molar-refractivity contribution is -0.145. The molecule has 0 heterocycles. The fourth-order valence-corrected chi connectivity index (χ4v) is 2.20. The summed E-state index contributed by atoms with van der Waals surface area (Å²) in [6.45, 7) is 0.242. The lowest BCUT2D eigenvalue weighted by atomic mass is 10.1. The molecule has 0 aromatic heterocycles. The molecular formula is C15H20N2O3. The van der Waals surface area contributed by atoms with Gasteiger partial charge in [0.15, 0.2) is 0 Å². The van der Waals surface area contributed by atoms with Gasteiger partial charge in [-0.25, -0.2) is 0 Å². The van der Waals surface area contributed by atoms with Gasteiger partial charge in [0.1, 0.15) is 6.54 Å². The number of benzene rings is 1. The highest BCUT2D eigenvalue weighted by molar-refractivity contribution is 5.85. The number of hydrogen-bond donors (Lipinski definition) is 2. The third-order valence-corrected chi connectivity index (χ3v) is 3.43. The number of nitrogens with two attached hydrogens (primary N) is 1. The van der Waals surface area contributed by atoms with Crippen LogP contribution in [-0.2, 0) is 16.0 Å². The number of carbonyl (C=O) groups excluding carboxylic acids is 1. The molecule has 3 N–H and O–H groups in total. The quantitative estimate of drug-likeness (QED) is 0.774. The van der Waals surface area contributed by atoms with E-state index in [1.165, 1.54) is 4.90 Å². The van der Waals surface area contributed by atoms with Gasteiger partial charge in [-0.2, -0.15) is 0 Å². The summed E-state index contributed by atoms with van der Waals surface area (Å²) in [4.78, 5) is 24.5. The molecule has 1 aliphatic rings. The van der Waals surface area contributed by atoms with E-state index in [1.54, 1.807) is 0 Å². The van der Waals surface area contributed by atoms with Crippen molar-refractivity contribution >= 4 is 11.9 Å². The van der Waals surface area contributed by atoms with E-state index in [0.717, 1.165) is 18.4 Å². The maximum absolute atomic E-state index is 12.3. The van der Waals surface area contributed by atoms with E-state index in [2.05, 4.69) is 0 Å². The average molecular weight is 276 g/mol. The summed E-state index contributed by atoms with van der Waals surface area (Å²) in [5, 5.41) is 8.90. The Hall–Kier alpha value is -1.88. The van der Waals surface area contributed by atoms with E-state index < -0.39 is 12.0 Å². The van der Waals surface area contributed by atoms with Gasteiger partial charge in [0.25, 0.3) is 0 Å². The first-order chi connectivity index (χ1) is 9.56. The number of aliphatic carboxylic acids is 1. The van der Waals surface area contributed by atoms with Crippen molar-refractivity contribution in [2.75, 3.05) is 13.1 Å². The van der Waals surface area contributed by atoms with Crippen LogP contribution in [0.1, 0.15) is 18.4 Å². The summed E-state index contributed by atoms with van der Waals surface area (Å²) in [7, 11) is 0. The summed E-state index contributed by atoms with van der Waals surface area (Å²) in [6, 6.07) is 8.83. The van der Waals surface area contributed by atoms with Crippen molar-refractivity contribution in [3.8, 4) is 0 Å². The van der Waals surface area contributed by atoms with Crippen LogP contribution in [0.25, 0.3) is 0 Å². The Morgan fingerprint density at radius 2 is 1.95 bits per heavy atom. The van der Waals surface area contributed by atoms with Gasteiger partial charge < -0.3 is 15.7 Å². The Morgan fingerprint density at radius 3 is 2.50 bits per heavy atom. The molecule has 1 saturated carbocycles. The molecular weight excluding hydrogens is 256 g/mol. The van der Waals surface area contributed by atoms with Crippen molar-refractivity contribution in [2.24, 2.45) is 11.7 Å². The molecule has 5 heteroatoms. The summed E-state index contributed by atoms with van der Waals surface area (Å²) in [5.74, 6) is -0.823. The van der Waals surface area contributed by atoms with Crippen LogP contribution < -0.4 is 5.73 Å². The van der Waals surface area contributed by atoms with Crippen molar-refractivity contribution in [1.29, 1.82) is 0 Å². The predicted octanol–water partition coefficient (Wildman–Crippen LogP) is 0.880. The molecule has 5 nitrogen and oxygen atoms in total. The largest absolute Gasteiger partial charge is 0.480 e. The van der Waals surface area contributed by atoms with E-state index >= 15 is 0 Å². The Labute approximate surface area is 118 Å². The standard InChI is InChI=1S/C15H20N2O3/c16-13(8-11-4-2-1-3-5-11)15(20)17(10-14(18)19)9-12-6-7-12/h1-5,12-13H,6-10,16H2,(H,18,19)/t13-/m1/s1. The molecule has 1 fully saturated rings. The van der Waals surface area contributed by atoms with Crippen LogP contribution in [0.2, 0.25) is 0 Å². The van der Waals surface area contributed by atoms with Gasteiger partial charge in [-0.05, 0) is 30.7 Å². The highest BCUT2D eigenvalue weighted by atomic mass is 16.4. The molecule has 0 saturated heterocycles. The third-order valence-electron chi connectivity index (χ3n) is 3.43. The van der Waals surface area contributed by atoms with Crippen LogP contribution in [0.15, 0.2) is 30.3 Å². The summed E-state index contributed by atoms with van der Waals surface area (Å²) in [5.41, 5.74) is 6.92. The number of carbonyl (C=O) groups is 2. The molecule has 0 aliphatic heterocycles. The number of rotatable bonds is 7. The zero-order valence-corrected chi connectivity index (χ0v) is 11.4. The first-order valence-corrected chi connectivity index (χ1v) is 6.86. The van der Waals surface area contributed by atoms with E-state index in [1.807, 2.05) is 30.3 Å². The van der Waals surface area contributed by atoms with Gasteiger partial charge >= 0.3 is 5.97 Å². The second-order valence-electron chi connectivity index (χ2n) is 5.35. The van der Waals surface area contributed by atoms with Crippen LogP contribution in [-0.4, -0.2) is 41.0 Å². The predicted molar refractivity (Wildman–Crippen MR) is 75.1 cm³/mol. The Bertz CT molecular complexity index is 471. The van der Waals surface area contributed by atoms with E-state index in [0.29, 0.717) is 18.9 Å². The first-order valence-electron chi connectivity index (χ1n) is 6.86. The third kappa shape index (κ3) is 4.35. The lowest BCUT2D eigenvalue weighted by Crippen LogP contribution is -2.47. The Kier molecular flexibility index (Phi) is 4.74. The van der Waals surface area contributed by atoms with Crippen molar-refractivity contribution in [3.63, 3.8) is 0 Å². The average Bonchev–Trinajstić information content (AvgIpc) is 3.21. The molecule has 1 aromatic carbocycles. The Morgan fingerprint density at radius 1 is 1.30 bits per heavy atom. The minimum Gasteiger partial charge on any atom is -0.480 e. The summed E-state index contributed by atoms with van der Waals surface area (Å²) in [6.07, 6.45) is 2.56. The fourth-order valence-electron chi connectivity index (χ4n) is 2.20. The number of carboxylic acids is 1. The molecule has 0 spiro atoms. The molecule has 1 aliphatic carbocycles. The van der Waals surface area contributed by atoms with Crippen LogP contribution in [0.3, 0.4) is 0 Å². The minimum atomic E-state index is -0.995. The zero-order chi connectivity index (χ0) is 14.5. The van der Waals surface area contributed by atoms with Crippen LogP contribution in [0, 0.1) is 5.92 Å². The van der Waals surface area contributed by atoms with Crippen molar-refractivity contribution < 1.29 is 14.7 Å². The number of amides is 1. The van der Waals surface area contributed by atoms with Crippen LogP contribution >= 0.6 is 0 Å². The monoisotopic (exact) mass is 276 g/mol. The number of carboxylic acid groups (broad SMARTS) is 1. The van der Waals surface area contributed by atoms with Crippen molar-refractivity contribution in [1.82, 2.24) is 4.90 Å². The minimum absolute atomic E-state index is 0.266. The van der Waals surface area contributed by atoms with Crippen LogP contribution in [0.5, 0.6) is 0 Å². The second-order valence-corrected chi connectivity index (χ2v) is 5.35. The molecule has 0 bridgehead atoms. The molecule has 1 aromatic rings. The highest BCUT2D eigenvalue weighted by Gasteiger charge is 2.30. The van der Waals surface area contributed by atoms with Gasteiger partial charge in [-0.3, -0.25) is 9.59 Å². The van der Waals surface area contributed by atoms with Gasteiger partial charge in [0.2, 0.25) is 5.91 Å². The summed E-state index contributed by atoms with van der Waals surface area (Å²) >= 11 is 0. The van der Waals surface area contributed by atoms with Gasteiger partial charge in [-0.15, -0.1) is 0 Å². The molecule has 0 unspecified atom stereocenters. The smallest absolute Gasteiger partial charge is 0.323 e. The Balaban J connectivity index is 1.96. The number of nitrogens with zero attached hydrogens (tertiary/aromatic N) is 1. The second kappa shape index (κ2) is 6.52. The lowest BCUT2D eigenvalue weighted by Gasteiger charge is -2.24. The molecule has 1 amide bonds. The molecule has 20 heavy (non-hydrogen) atoms. The highest BCUT2D eigenvalue weighted by Crippen LogP contribution is 2.29. The van der Waals surface area contributed by atoms with Gasteiger partial charge in [0.05, 0.1) is 6.04 Å². The van der Waals surface area contributed by atoms with Crippen molar-refractivity contribution in [2.45, 2.75) is 25.3 Å². The normalized spacial score (nSPS) is 15.7. The van der Waals surface area contributed by atoms with Crippen molar-refractivity contribution in [3.05, 3.63) is 35.9 Å². The molecule has 0 radical (unpaired) electrons. The van der Waals surface area contributed by atoms with Gasteiger partial charge in [0, 0.05) is 6.54 Å². The fraction of sp³-hybridized carbons (Fsp3) is 0.467. The SMILES string of the molecule is N[C@H](Cc1ccccc1)C(=O)N(CC(=O)O)CC1CC1. The molecule has 2 rings (SSSR count). The molecule has 108 valence electrons. The zero-order valence-electron chi connectivity index (χ0n) is 11.4. The molecule has 1 atom stereocenters. The van der Waals surface area contributed by atoms with E-state index in [4.69, 9.17) is 10.8 Å². The van der Waals surface area contributed by atoms with E-state index in [9.17, 15) is 9.59 Å². The summed E-state index contributed by atoms with van der Waals surface area (Å²) < 4.78 is 0. The van der Waals surface area contributed by atoms with Gasteiger partial charge in [-0.1, -0.05) is 30.3 Å². The van der Waals surface area contributed by atoms with E-state index in [-0.39, 0.29) is 12.5 Å². The first kappa shape index (κ1) is 14.5. The maximum Gasteiger partial charge on any atom is 0.323 e.